The number of nitrogens with zero attached hydrogens (tertiary/aromatic N) is 3. The first-order chi connectivity index (χ1) is 10.8. The number of para-hydroxylation sites is 1. The Hall–Kier alpha value is -2.47. The third kappa shape index (κ3) is 3.23. The highest BCUT2D eigenvalue weighted by atomic mass is 16.1. The number of carbonyl (C=O) groups is 1. The fourth-order valence-corrected chi connectivity index (χ4v) is 2.62. The van der Waals surface area contributed by atoms with Crippen LogP contribution in [0.3, 0.4) is 0 Å². The van der Waals surface area contributed by atoms with Crippen LogP contribution in [0, 0.1) is 5.92 Å². The van der Waals surface area contributed by atoms with Crippen LogP contribution >= 0.6 is 0 Å². The van der Waals surface area contributed by atoms with E-state index in [1.54, 1.807) is 0 Å². The van der Waals surface area contributed by atoms with E-state index >= 15 is 0 Å². The van der Waals surface area contributed by atoms with Crippen molar-refractivity contribution in [1.82, 2.24) is 9.97 Å². The van der Waals surface area contributed by atoms with Crippen molar-refractivity contribution >= 4 is 17.4 Å². The van der Waals surface area contributed by atoms with Crippen LogP contribution in [0.25, 0.3) is 0 Å². The number of benzene rings is 1. The van der Waals surface area contributed by atoms with Crippen LogP contribution in [-0.4, -0.2) is 29.0 Å². The molecule has 6 heteroatoms. The second-order valence-corrected chi connectivity index (χ2v) is 5.36. The summed E-state index contributed by atoms with van der Waals surface area (Å²) in [5, 5.41) is 2.96. The number of hydrogen-bond acceptors (Lipinski definition) is 5. The number of hydrogen-bond donors (Lipinski definition) is 2. The van der Waals surface area contributed by atoms with Crippen molar-refractivity contribution < 1.29 is 4.79 Å². The van der Waals surface area contributed by atoms with Crippen LogP contribution in [-0.2, 0) is 11.3 Å². The fourth-order valence-electron chi connectivity index (χ4n) is 2.62. The largest absolute Gasteiger partial charge is 0.356 e. The van der Waals surface area contributed by atoms with Gasteiger partial charge in [0.2, 0.25) is 5.91 Å². The molecule has 2 aromatic rings. The molecule has 3 N–H and O–H groups in total. The Kier molecular flexibility index (Phi) is 4.29. The maximum atomic E-state index is 12.3. The standard InChI is InChI=1S/C16H19N5O/c17-9-14-8-15(19-11-18-14)21-7-6-12(10-21)16(22)20-13-4-2-1-3-5-13/h1-5,8,11-12H,6-7,9-10,17H2,(H,20,22)/t12-/m1/s1. The van der Waals surface area contributed by atoms with E-state index < -0.39 is 0 Å². The Bertz CT molecular complexity index is 646. The molecule has 1 saturated heterocycles. The quantitative estimate of drug-likeness (QED) is 0.891. The molecule has 0 aliphatic carbocycles. The molecule has 1 amide bonds. The van der Waals surface area contributed by atoms with Gasteiger partial charge in [0.1, 0.15) is 12.1 Å². The highest BCUT2D eigenvalue weighted by Crippen LogP contribution is 2.23. The molecular weight excluding hydrogens is 278 g/mol. The lowest BCUT2D eigenvalue weighted by atomic mass is 10.1. The van der Waals surface area contributed by atoms with Gasteiger partial charge < -0.3 is 16.0 Å². The molecule has 114 valence electrons. The first-order valence-electron chi connectivity index (χ1n) is 7.38. The average molecular weight is 297 g/mol. The molecule has 0 saturated carbocycles. The summed E-state index contributed by atoms with van der Waals surface area (Å²) in [7, 11) is 0. The van der Waals surface area contributed by atoms with E-state index in [-0.39, 0.29) is 11.8 Å². The SMILES string of the molecule is NCc1cc(N2CC[C@@H](C(=O)Nc3ccccc3)C2)ncn1. The van der Waals surface area contributed by atoms with Gasteiger partial charge in [-0.2, -0.15) is 0 Å². The summed E-state index contributed by atoms with van der Waals surface area (Å²) in [6.45, 7) is 1.87. The maximum Gasteiger partial charge on any atom is 0.229 e. The van der Waals surface area contributed by atoms with E-state index in [2.05, 4.69) is 20.2 Å². The van der Waals surface area contributed by atoms with Crippen LogP contribution in [0.15, 0.2) is 42.7 Å². The number of rotatable bonds is 4. The minimum absolute atomic E-state index is 0.0310. The van der Waals surface area contributed by atoms with Crippen LogP contribution in [0.1, 0.15) is 12.1 Å². The van der Waals surface area contributed by atoms with Crippen molar-refractivity contribution in [3.8, 4) is 0 Å². The second kappa shape index (κ2) is 6.53. The molecule has 1 aromatic heterocycles. The van der Waals surface area contributed by atoms with Crippen LogP contribution in [0.2, 0.25) is 0 Å². The van der Waals surface area contributed by atoms with E-state index in [0.29, 0.717) is 13.1 Å². The van der Waals surface area contributed by atoms with E-state index in [1.807, 2.05) is 36.4 Å². The minimum atomic E-state index is -0.0310. The van der Waals surface area contributed by atoms with Crippen LogP contribution < -0.4 is 16.0 Å². The molecule has 1 aliphatic rings. The highest BCUT2D eigenvalue weighted by Gasteiger charge is 2.29. The first-order valence-corrected chi connectivity index (χ1v) is 7.38. The molecule has 0 spiro atoms. The van der Waals surface area contributed by atoms with Crippen molar-refractivity contribution in [2.45, 2.75) is 13.0 Å². The summed E-state index contributed by atoms with van der Waals surface area (Å²) in [6, 6.07) is 11.4. The third-order valence-corrected chi connectivity index (χ3v) is 3.84. The van der Waals surface area contributed by atoms with Crippen LogP contribution in [0.5, 0.6) is 0 Å². The van der Waals surface area contributed by atoms with Crippen molar-refractivity contribution in [2.24, 2.45) is 11.7 Å². The van der Waals surface area contributed by atoms with Gasteiger partial charge in [-0.3, -0.25) is 4.79 Å². The summed E-state index contributed by atoms with van der Waals surface area (Å²) in [4.78, 5) is 22.8. The minimum Gasteiger partial charge on any atom is -0.356 e. The topological polar surface area (TPSA) is 84.1 Å². The van der Waals surface area contributed by atoms with E-state index in [0.717, 1.165) is 30.2 Å². The summed E-state index contributed by atoms with van der Waals surface area (Å²) in [6.07, 6.45) is 2.34. The molecule has 2 heterocycles. The average Bonchev–Trinajstić information content (AvgIpc) is 3.06. The summed E-state index contributed by atoms with van der Waals surface area (Å²) >= 11 is 0. The molecule has 1 aromatic carbocycles. The molecular formula is C16H19N5O. The Morgan fingerprint density at radius 2 is 2.14 bits per heavy atom. The zero-order chi connectivity index (χ0) is 15.4. The summed E-state index contributed by atoms with van der Waals surface area (Å²) in [5.41, 5.74) is 7.25. The normalized spacial score (nSPS) is 17.5. The zero-order valence-corrected chi connectivity index (χ0v) is 12.3. The monoisotopic (exact) mass is 297 g/mol. The lowest BCUT2D eigenvalue weighted by Gasteiger charge is -2.17. The van der Waals surface area contributed by atoms with Gasteiger partial charge in [0, 0.05) is 31.4 Å². The first kappa shape index (κ1) is 14.5. The Balaban J connectivity index is 1.63. The molecule has 22 heavy (non-hydrogen) atoms. The molecule has 3 rings (SSSR count). The number of aromatic nitrogens is 2. The van der Waals surface area contributed by atoms with Gasteiger partial charge in [0.05, 0.1) is 11.6 Å². The molecule has 1 atom stereocenters. The van der Waals surface area contributed by atoms with E-state index in [9.17, 15) is 4.79 Å². The smallest absolute Gasteiger partial charge is 0.229 e. The molecule has 0 unspecified atom stereocenters. The number of carbonyl (C=O) groups excluding carboxylic acids is 1. The zero-order valence-electron chi connectivity index (χ0n) is 12.3. The molecule has 1 fully saturated rings. The van der Waals surface area contributed by atoms with E-state index in [4.69, 9.17) is 5.73 Å². The Morgan fingerprint density at radius 1 is 1.32 bits per heavy atom. The van der Waals surface area contributed by atoms with Gasteiger partial charge >= 0.3 is 0 Å². The lowest BCUT2D eigenvalue weighted by Crippen LogP contribution is -2.27. The second-order valence-electron chi connectivity index (χ2n) is 5.36. The van der Waals surface area contributed by atoms with Gasteiger partial charge in [-0.15, -0.1) is 0 Å². The van der Waals surface area contributed by atoms with Crippen molar-refractivity contribution in [3.63, 3.8) is 0 Å². The van der Waals surface area contributed by atoms with Gasteiger partial charge in [-0.05, 0) is 18.6 Å². The predicted molar refractivity (Wildman–Crippen MR) is 85.3 cm³/mol. The van der Waals surface area contributed by atoms with Gasteiger partial charge in [-0.1, -0.05) is 18.2 Å². The van der Waals surface area contributed by atoms with Gasteiger partial charge in [0.15, 0.2) is 0 Å². The third-order valence-electron chi connectivity index (χ3n) is 3.84. The summed E-state index contributed by atoms with van der Waals surface area (Å²) < 4.78 is 0. The number of nitrogens with one attached hydrogen (secondary N) is 1. The molecule has 6 nitrogen and oxygen atoms in total. The number of anilines is 2. The summed E-state index contributed by atoms with van der Waals surface area (Å²) in [5.74, 6) is 0.865. The number of amides is 1. The Morgan fingerprint density at radius 3 is 2.91 bits per heavy atom. The van der Waals surface area contributed by atoms with Crippen molar-refractivity contribution in [2.75, 3.05) is 23.3 Å². The van der Waals surface area contributed by atoms with Crippen molar-refractivity contribution in [3.05, 3.63) is 48.4 Å². The molecule has 0 radical (unpaired) electrons. The fraction of sp³-hybridized carbons (Fsp3) is 0.312. The molecule has 1 aliphatic heterocycles. The maximum absolute atomic E-state index is 12.3. The van der Waals surface area contributed by atoms with Crippen LogP contribution in [0.4, 0.5) is 11.5 Å². The van der Waals surface area contributed by atoms with Crippen molar-refractivity contribution in [1.29, 1.82) is 0 Å². The number of nitrogens with two attached hydrogens (primary N) is 1. The molecule has 0 bridgehead atoms. The van der Waals surface area contributed by atoms with Gasteiger partial charge in [0.25, 0.3) is 0 Å². The predicted octanol–water partition coefficient (Wildman–Crippen LogP) is 1.40. The van der Waals surface area contributed by atoms with Gasteiger partial charge in [-0.25, -0.2) is 9.97 Å². The van der Waals surface area contributed by atoms with E-state index in [1.165, 1.54) is 6.33 Å². The Labute approximate surface area is 129 Å². The lowest BCUT2D eigenvalue weighted by molar-refractivity contribution is -0.119. The highest BCUT2D eigenvalue weighted by molar-refractivity contribution is 5.93.